The number of alkyl halides is 3. The van der Waals surface area contributed by atoms with Crippen LogP contribution in [0.4, 0.5) is 13.2 Å². The number of nitrogens with one attached hydrogen (secondary N) is 1. The molecule has 22 heavy (non-hydrogen) atoms. The molecule has 0 radical (unpaired) electrons. The van der Waals surface area contributed by atoms with E-state index in [2.05, 4.69) is 4.74 Å². The van der Waals surface area contributed by atoms with E-state index in [0.29, 0.717) is 0 Å². The van der Waals surface area contributed by atoms with E-state index in [-0.39, 0.29) is 10.5 Å². The normalized spacial score (nSPS) is 11.8. The molecule has 0 unspecified atom stereocenters. The van der Waals surface area contributed by atoms with Gasteiger partial charge in [-0.2, -0.15) is 13.2 Å². The van der Waals surface area contributed by atoms with Crippen LogP contribution in [0.1, 0.15) is 10.4 Å². The number of hydrogen-bond acceptors (Lipinski definition) is 5. The van der Waals surface area contributed by atoms with Gasteiger partial charge in [-0.05, 0) is 12.1 Å². The first-order chi connectivity index (χ1) is 10.0. The lowest BCUT2D eigenvalue weighted by molar-refractivity contribution is -0.140. The Balaban J connectivity index is 2.70. The van der Waals surface area contributed by atoms with Crippen molar-refractivity contribution in [1.29, 1.82) is 0 Å². The molecular weight excluding hydrogens is 327 g/mol. The lowest BCUT2D eigenvalue weighted by Gasteiger charge is -2.10. The molecule has 1 amide bonds. The molecule has 1 N–H and O–H groups in total. The van der Waals surface area contributed by atoms with Crippen molar-refractivity contribution in [3.05, 3.63) is 29.8 Å². The van der Waals surface area contributed by atoms with Crippen LogP contribution in [0.25, 0.3) is 0 Å². The average Bonchev–Trinajstić information content (AvgIpc) is 2.40. The number of carbonyl (C=O) groups is 2. The van der Waals surface area contributed by atoms with E-state index in [1.54, 1.807) is 0 Å². The Kier molecular flexibility index (Phi) is 5.53. The zero-order valence-electron chi connectivity index (χ0n) is 11.3. The summed E-state index contributed by atoms with van der Waals surface area (Å²) in [5.41, 5.74) is -0.298. The van der Waals surface area contributed by atoms with Crippen molar-refractivity contribution < 1.29 is 35.9 Å². The molecule has 10 heteroatoms. The number of sulfone groups is 1. The molecule has 0 fully saturated rings. The zero-order valence-corrected chi connectivity index (χ0v) is 12.1. The minimum absolute atomic E-state index is 0.296. The van der Waals surface area contributed by atoms with Gasteiger partial charge in [0.2, 0.25) is 0 Å². The van der Waals surface area contributed by atoms with Crippen molar-refractivity contribution >= 4 is 21.7 Å². The van der Waals surface area contributed by atoms with Gasteiger partial charge in [0.1, 0.15) is 6.54 Å². The number of carbonyl (C=O) groups excluding carboxylic acids is 2. The second-order valence-corrected chi connectivity index (χ2v) is 6.22. The predicted octanol–water partition coefficient (Wildman–Crippen LogP) is 0.925. The van der Waals surface area contributed by atoms with Gasteiger partial charge in [0.25, 0.3) is 5.91 Å². The molecule has 0 aliphatic heterocycles. The van der Waals surface area contributed by atoms with Gasteiger partial charge in [-0.15, -0.1) is 0 Å². The summed E-state index contributed by atoms with van der Waals surface area (Å²) in [7, 11) is -3.70. The standard InChI is InChI=1S/C12H12F3NO5S/c1-22(19,20)9-5-3-2-4-8(9)11(18)21-6-10(17)16-7-12(13,14)15/h2-5H,6-7H2,1H3,(H,16,17). The molecule has 0 heterocycles. The van der Waals surface area contributed by atoms with Crippen molar-refractivity contribution in [3.63, 3.8) is 0 Å². The summed E-state index contributed by atoms with van der Waals surface area (Å²) < 4.78 is 63.1. The summed E-state index contributed by atoms with van der Waals surface area (Å²) in [5, 5.41) is 1.51. The highest BCUT2D eigenvalue weighted by molar-refractivity contribution is 7.90. The summed E-state index contributed by atoms with van der Waals surface area (Å²) in [6.45, 7) is -2.50. The van der Waals surface area contributed by atoms with Crippen LogP contribution < -0.4 is 5.32 Å². The van der Waals surface area contributed by atoms with Gasteiger partial charge in [0.05, 0.1) is 10.5 Å². The van der Waals surface area contributed by atoms with Crippen LogP contribution in [0.5, 0.6) is 0 Å². The SMILES string of the molecule is CS(=O)(=O)c1ccccc1C(=O)OCC(=O)NCC(F)(F)F. The first-order valence-electron chi connectivity index (χ1n) is 5.80. The largest absolute Gasteiger partial charge is 0.452 e. The smallest absolute Gasteiger partial charge is 0.405 e. The topological polar surface area (TPSA) is 89.5 Å². The predicted molar refractivity (Wildman–Crippen MR) is 68.9 cm³/mol. The monoisotopic (exact) mass is 339 g/mol. The van der Waals surface area contributed by atoms with E-state index in [4.69, 9.17) is 0 Å². The van der Waals surface area contributed by atoms with Gasteiger partial charge < -0.3 is 10.1 Å². The molecular formula is C12H12F3NO5S. The maximum Gasteiger partial charge on any atom is 0.405 e. The number of benzene rings is 1. The summed E-state index contributed by atoms with van der Waals surface area (Å²) in [6, 6.07) is 5.13. The molecule has 0 aliphatic carbocycles. The highest BCUT2D eigenvalue weighted by Gasteiger charge is 2.28. The summed E-state index contributed by atoms with van der Waals surface area (Å²) >= 11 is 0. The molecule has 1 aromatic carbocycles. The Morgan fingerprint density at radius 2 is 1.82 bits per heavy atom. The van der Waals surface area contributed by atoms with E-state index in [0.717, 1.165) is 6.26 Å². The highest BCUT2D eigenvalue weighted by atomic mass is 32.2. The summed E-state index contributed by atoms with van der Waals surface area (Å²) in [4.78, 5) is 22.5. The van der Waals surface area contributed by atoms with Gasteiger partial charge in [-0.1, -0.05) is 12.1 Å². The second kappa shape index (κ2) is 6.77. The Morgan fingerprint density at radius 1 is 1.23 bits per heavy atom. The number of amides is 1. The molecule has 122 valence electrons. The number of rotatable bonds is 5. The number of esters is 1. The third-order valence-corrected chi connectivity index (χ3v) is 3.48. The zero-order chi connectivity index (χ0) is 17.0. The van der Waals surface area contributed by atoms with Crippen LogP contribution in [-0.2, 0) is 19.4 Å². The van der Waals surface area contributed by atoms with Crippen molar-refractivity contribution in [2.75, 3.05) is 19.4 Å². The average molecular weight is 339 g/mol. The van der Waals surface area contributed by atoms with Gasteiger partial charge in [0.15, 0.2) is 16.4 Å². The number of hydrogen-bond donors (Lipinski definition) is 1. The molecule has 0 atom stereocenters. The molecule has 0 bridgehead atoms. The Bertz CT molecular complexity index is 670. The summed E-state index contributed by atoms with van der Waals surface area (Å²) in [6.07, 6.45) is -3.70. The Morgan fingerprint density at radius 3 is 2.36 bits per heavy atom. The van der Waals surface area contributed by atoms with Crippen LogP contribution in [0.3, 0.4) is 0 Å². The van der Waals surface area contributed by atoms with Gasteiger partial charge in [0, 0.05) is 6.26 Å². The molecule has 0 saturated heterocycles. The minimum atomic E-state index is -4.58. The number of halogens is 3. The quantitative estimate of drug-likeness (QED) is 0.806. The van der Waals surface area contributed by atoms with Gasteiger partial charge in [-0.25, -0.2) is 13.2 Å². The Labute approximate surface area is 124 Å². The lowest BCUT2D eigenvalue weighted by atomic mass is 10.2. The molecule has 0 aliphatic rings. The van der Waals surface area contributed by atoms with E-state index in [9.17, 15) is 31.2 Å². The van der Waals surface area contributed by atoms with Crippen LogP contribution >= 0.6 is 0 Å². The van der Waals surface area contributed by atoms with E-state index < -0.39 is 41.0 Å². The lowest BCUT2D eigenvalue weighted by Crippen LogP contribution is -2.36. The van der Waals surface area contributed by atoms with Crippen LogP contribution in [0.15, 0.2) is 29.2 Å². The minimum Gasteiger partial charge on any atom is -0.452 e. The summed E-state index contributed by atoms with van der Waals surface area (Å²) in [5.74, 6) is -2.27. The van der Waals surface area contributed by atoms with Crippen molar-refractivity contribution in [2.45, 2.75) is 11.1 Å². The van der Waals surface area contributed by atoms with Gasteiger partial charge >= 0.3 is 12.1 Å². The van der Waals surface area contributed by atoms with E-state index in [1.165, 1.54) is 29.6 Å². The molecule has 1 rings (SSSR count). The highest BCUT2D eigenvalue weighted by Crippen LogP contribution is 2.16. The van der Waals surface area contributed by atoms with Gasteiger partial charge in [-0.3, -0.25) is 4.79 Å². The molecule has 6 nitrogen and oxygen atoms in total. The van der Waals surface area contributed by atoms with Crippen molar-refractivity contribution in [3.8, 4) is 0 Å². The Hall–Kier alpha value is -2.10. The molecule has 1 aromatic rings. The molecule has 0 saturated carbocycles. The third kappa shape index (κ3) is 5.72. The van der Waals surface area contributed by atoms with Crippen molar-refractivity contribution in [2.24, 2.45) is 0 Å². The third-order valence-electron chi connectivity index (χ3n) is 2.33. The molecule has 0 spiro atoms. The maximum atomic E-state index is 11.9. The van der Waals surface area contributed by atoms with Crippen LogP contribution in [-0.4, -0.2) is 45.9 Å². The maximum absolute atomic E-state index is 11.9. The van der Waals surface area contributed by atoms with Crippen molar-refractivity contribution in [1.82, 2.24) is 5.32 Å². The van der Waals surface area contributed by atoms with E-state index >= 15 is 0 Å². The fourth-order valence-electron chi connectivity index (χ4n) is 1.42. The molecule has 0 aromatic heterocycles. The fourth-order valence-corrected chi connectivity index (χ4v) is 2.29. The van der Waals surface area contributed by atoms with E-state index in [1.807, 2.05) is 0 Å². The fraction of sp³-hybridized carbons (Fsp3) is 0.333. The first kappa shape index (κ1) is 18.0. The second-order valence-electron chi connectivity index (χ2n) is 4.24. The number of ether oxygens (including phenoxy) is 1. The van der Waals surface area contributed by atoms with Crippen LogP contribution in [0.2, 0.25) is 0 Å². The van der Waals surface area contributed by atoms with Crippen LogP contribution in [0, 0.1) is 0 Å². The first-order valence-corrected chi connectivity index (χ1v) is 7.69.